The first kappa shape index (κ1) is 20.9. The van der Waals surface area contributed by atoms with Gasteiger partial charge in [0.1, 0.15) is 0 Å². The first-order valence-corrected chi connectivity index (χ1v) is 11.6. The molecule has 158 valence electrons. The van der Waals surface area contributed by atoms with Crippen molar-refractivity contribution in [3.8, 4) is 0 Å². The topological polar surface area (TPSA) is 64.6 Å². The number of ether oxygens (including phenoxy) is 2. The van der Waals surface area contributed by atoms with Crippen LogP contribution < -0.4 is 5.32 Å². The molecule has 0 unspecified atom stereocenters. The van der Waals surface area contributed by atoms with E-state index in [9.17, 15) is 9.59 Å². The SMILES string of the molecule is O=C(COC(=O)c1ccccc1SC[C@@H]1CCCO1)N[C@H]1CCCc2ccccc21. The average molecular weight is 426 g/mol. The lowest BCUT2D eigenvalue weighted by atomic mass is 9.88. The van der Waals surface area contributed by atoms with Crippen LogP contribution in [0.1, 0.15) is 53.2 Å². The van der Waals surface area contributed by atoms with E-state index in [0.717, 1.165) is 49.4 Å². The lowest BCUT2D eigenvalue weighted by Crippen LogP contribution is -2.34. The Kier molecular flexibility index (Phi) is 7.07. The van der Waals surface area contributed by atoms with Crippen LogP contribution in [0.25, 0.3) is 0 Å². The van der Waals surface area contributed by atoms with E-state index in [4.69, 9.17) is 9.47 Å². The summed E-state index contributed by atoms with van der Waals surface area (Å²) in [5.74, 6) is 0.0745. The molecule has 0 bridgehead atoms. The smallest absolute Gasteiger partial charge is 0.339 e. The molecule has 5 nitrogen and oxygen atoms in total. The first-order chi connectivity index (χ1) is 14.7. The van der Waals surface area contributed by atoms with Gasteiger partial charge in [-0.2, -0.15) is 0 Å². The summed E-state index contributed by atoms with van der Waals surface area (Å²) in [4.78, 5) is 25.9. The molecule has 30 heavy (non-hydrogen) atoms. The van der Waals surface area contributed by atoms with E-state index in [-0.39, 0.29) is 24.7 Å². The molecule has 1 N–H and O–H groups in total. The monoisotopic (exact) mass is 425 g/mol. The summed E-state index contributed by atoms with van der Waals surface area (Å²) in [6.45, 7) is 0.539. The standard InChI is InChI=1S/C24H27NO4S/c26-23(25-21-12-5-8-17-7-1-2-10-19(17)21)15-29-24(27)20-11-3-4-13-22(20)30-16-18-9-6-14-28-18/h1-4,7,10-11,13,18,21H,5-6,8-9,12,14-16H2,(H,25,26)/t18-,21-/m0/s1. The van der Waals surface area contributed by atoms with Crippen molar-refractivity contribution in [3.05, 3.63) is 65.2 Å². The first-order valence-electron chi connectivity index (χ1n) is 10.6. The molecular weight excluding hydrogens is 398 g/mol. The van der Waals surface area contributed by atoms with Gasteiger partial charge < -0.3 is 14.8 Å². The molecule has 6 heteroatoms. The Hall–Kier alpha value is -2.31. The second kappa shape index (κ2) is 10.1. The second-order valence-electron chi connectivity index (χ2n) is 7.73. The molecule has 2 aromatic rings. The number of carbonyl (C=O) groups is 2. The van der Waals surface area contributed by atoms with Crippen LogP contribution in [0.4, 0.5) is 0 Å². The fourth-order valence-corrected chi connectivity index (χ4v) is 5.18. The van der Waals surface area contributed by atoms with Crippen molar-refractivity contribution in [1.82, 2.24) is 5.32 Å². The van der Waals surface area contributed by atoms with Gasteiger partial charge >= 0.3 is 5.97 Å². The Bertz CT molecular complexity index is 894. The number of amides is 1. The van der Waals surface area contributed by atoms with E-state index in [1.165, 1.54) is 11.1 Å². The van der Waals surface area contributed by atoms with Crippen molar-refractivity contribution in [3.63, 3.8) is 0 Å². The Morgan fingerprint density at radius 2 is 1.90 bits per heavy atom. The number of rotatable bonds is 7. The third-order valence-electron chi connectivity index (χ3n) is 5.59. The maximum atomic E-state index is 12.6. The fraction of sp³-hybridized carbons (Fsp3) is 0.417. The van der Waals surface area contributed by atoms with Crippen LogP contribution in [0.2, 0.25) is 0 Å². The number of hydrogen-bond donors (Lipinski definition) is 1. The number of carbonyl (C=O) groups excluding carboxylic acids is 2. The van der Waals surface area contributed by atoms with Crippen molar-refractivity contribution < 1.29 is 19.1 Å². The van der Waals surface area contributed by atoms with Crippen LogP contribution in [0.15, 0.2) is 53.4 Å². The largest absolute Gasteiger partial charge is 0.452 e. The zero-order chi connectivity index (χ0) is 20.8. The minimum absolute atomic E-state index is 0.0181. The van der Waals surface area contributed by atoms with Gasteiger partial charge in [-0.15, -0.1) is 11.8 Å². The van der Waals surface area contributed by atoms with Crippen LogP contribution in [0.5, 0.6) is 0 Å². The Balaban J connectivity index is 1.31. The van der Waals surface area contributed by atoms with Crippen molar-refractivity contribution in [2.75, 3.05) is 19.0 Å². The quantitative estimate of drug-likeness (QED) is 0.529. The molecule has 2 aliphatic rings. The Morgan fingerprint density at radius 1 is 1.07 bits per heavy atom. The number of aryl methyl sites for hydroxylation is 1. The maximum Gasteiger partial charge on any atom is 0.339 e. The fourth-order valence-electron chi connectivity index (χ4n) is 4.07. The summed E-state index contributed by atoms with van der Waals surface area (Å²) >= 11 is 1.60. The number of esters is 1. The predicted molar refractivity (Wildman–Crippen MR) is 117 cm³/mol. The van der Waals surface area contributed by atoms with Crippen LogP contribution in [0.3, 0.4) is 0 Å². The zero-order valence-electron chi connectivity index (χ0n) is 17.0. The van der Waals surface area contributed by atoms with Gasteiger partial charge in [0.05, 0.1) is 17.7 Å². The zero-order valence-corrected chi connectivity index (χ0v) is 17.8. The van der Waals surface area contributed by atoms with Crippen LogP contribution in [0, 0.1) is 0 Å². The molecule has 2 atom stereocenters. The number of benzene rings is 2. The highest BCUT2D eigenvalue weighted by atomic mass is 32.2. The van der Waals surface area contributed by atoms with Gasteiger partial charge in [-0.25, -0.2) is 4.79 Å². The molecule has 0 radical (unpaired) electrons. The molecule has 0 spiro atoms. The molecule has 1 fully saturated rings. The van der Waals surface area contributed by atoms with E-state index >= 15 is 0 Å². The molecule has 1 aliphatic carbocycles. The lowest BCUT2D eigenvalue weighted by molar-refractivity contribution is -0.125. The van der Waals surface area contributed by atoms with Crippen molar-refractivity contribution >= 4 is 23.6 Å². The molecule has 1 saturated heterocycles. The normalized spacial score (nSPS) is 20.4. The maximum absolute atomic E-state index is 12.6. The van der Waals surface area contributed by atoms with Crippen molar-refractivity contribution in [1.29, 1.82) is 0 Å². The van der Waals surface area contributed by atoms with Crippen LogP contribution in [-0.2, 0) is 20.7 Å². The van der Waals surface area contributed by atoms with E-state index in [2.05, 4.69) is 17.4 Å². The molecule has 0 saturated carbocycles. The number of thioether (sulfide) groups is 1. The highest BCUT2D eigenvalue weighted by Crippen LogP contribution is 2.29. The van der Waals surface area contributed by atoms with E-state index < -0.39 is 5.97 Å². The third kappa shape index (κ3) is 5.24. The summed E-state index contributed by atoms with van der Waals surface area (Å²) in [5, 5.41) is 3.02. The Labute approximate surface area is 181 Å². The van der Waals surface area contributed by atoms with Gasteiger partial charge in [0.2, 0.25) is 0 Å². The van der Waals surface area contributed by atoms with Crippen molar-refractivity contribution in [2.24, 2.45) is 0 Å². The molecule has 1 heterocycles. The minimum atomic E-state index is -0.468. The minimum Gasteiger partial charge on any atom is -0.452 e. The van der Waals surface area contributed by atoms with Gasteiger partial charge in [0, 0.05) is 17.3 Å². The van der Waals surface area contributed by atoms with Gasteiger partial charge in [-0.1, -0.05) is 36.4 Å². The van der Waals surface area contributed by atoms with Crippen molar-refractivity contribution in [2.45, 2.75) is 49.1 Å². The molecule has 4 rings (SSSR count). The number of nitrogens with one attached hydrogen (secondary N) is 1. The third-order valence-corrected chi connectivity index (χ3v) is 6.80. The summed E-state index contributed by atoms with van der Waals surface area (Å²) < 4.78 is 11.0. The summed E-state index contributed by atoms with van der Waals surface area (Å²) in [5.41, 5.74) is 2.94. The highest BCUT2D eigenvalue weighted by Gasteiger charge is 2.23. The number of fused-ring (bicyclic) bond motifs is 1. The molecule has 1 aliphatic heterocycles. The summed E-state index contributed by atoms with van der Waals surface area (Å²) in [7, 11) is 0. The van der Waals surface area contributed by atoms with E-state index in [1.54, 1.807) is 17.8 Å². The second-order valence-corrected chi connectivity index (χ2v) is 8.79. The highest BCUT2D eigenvalue weighted by molar-refractivity contribution is 7.99. The average Bonchev–Trinajstić information content (AvgIpc) is 3.30. The Morgan fingerprint density at radius 3 is 2.77 bits per heavy atom. The summed E-state index contributed by atoms with van der Waals surface area (Å²) in [6.07, 6.45) is 5.37. The van der Waals surface area contributed by atoms with E-state index in [1.807, 2.05) is 30.3 Å². The van der Waals surface area contributed by atoms with Gasteiger partial charge in [0.15, 0.2) is 6.61 Å². The van der Waals surface area contributed by atoms with Crippen LogP contribution >= 0.6 is 11.8 Å². The molecule has 0 aromatic heterocycles. The van der Waals surface area contributed by atoms with Crippen LogP contribution in [-0.4, -0.2) is 36.9 Å². The van der Waals surface area contributed by atoms with Gasteiger partial charge in [0.25, 0.3) is 5.91 Å². The van der Waals surface area contributed by atoms with Gasteiger partial charge in [-0.05, 0) is 55.4 Å². The summed E-state index contributed by atoms with van der Waals surface area (Å²) in [6, 6.07) is 15.5. The molecule has 1 amide bonds. The molecular formula is C24H27NO4S. The number of hydrogen-bond acceptors (Lipinski definition) is 5. The lowest BCUT2D eigenvalue weighted by Gasteiger charge is -2.26. The van der Waals surface area contributed by atoms with Gasteiger partial charge in [-0.3, -0.25) is 4.79 Å². The predicted octanol–water partition coefficient (Wildman–Crippen LogP) is 4.31. The molecule has 2 aromatic carbocycles. The van der Waals surface area contributed by atoms with E-state index in [0.29, 0.717) is 5.56 Å².